The summed E-state index contributed by atoms with van der Waals surface area (Å²) in [7, 11) is 1.17. The molecule has 21 heavy (non-hydrogen) atoms. The Balaban J connectivity index is 2.54. The minimum Gasteiger partial charge on any atom is -0.453 e. The van der Waals surface area contributed by atoms with E-state index < -0.39 is 35.7 Å². The molecule has 0 aromatic carbocycles. The molecule has 2 heterocycles. The number of amides is 1. The highest BCUT2D eigenvalue weighted by Gasteiger charge is 2.45. The number of carbonyl (C=O) groups is 1. The third-order valence-corrected chi connectivity index (χ3v) is 3.56. The summed E-state index contributed by atoms with van der Waals surface area (Å²) < 4.78 is 5.70. The standard InChI is InChI=1S/C12H17N3O6/c1-6-4-14(11(19)13-9(6)18)10-8(17)3-7(5-16)15(10)12(20)21-2/h4,7-8,10,16-17H,3,5H2,1-2H3,(H,13,18,19)/t7-,8+,10+/m0/s1. The summed E-state index contributed by atoms with van der Waals surface area (Å²) in [5.74, 6) is 0. The van der Waals surface area contributed by atoms with Gasteiger partial charge in [-0.2, -0.15) is 0 Å². The fourth-order valence-electron chi connectivity index (χ4n) is 2.54. The highest BCUT2D eigenvalue weighted by atomic mass is 16.5. The summed E-state index contributed by atoms with van der Waals surface area (Å²) >= 11 is 0. The number of hydrogen-bond acceptors (Lipinski definition) is 6. The van der Waals surface area contributed by atoms with Crippen molar-refractivity contribution in [2.75, 3.05) is 13.7 Å². The quantitative estimate of drug-likeness (QED) is 0.613. The molecule has 0 aliphatic carbocycles. The highest BCUT2D eigenvalue weighted by molar-refractivity contribution is 5.68. The maximum atomic E-state index is 11.9. The van der Waals surface area contributed by atoms with E-state index >= 15 is 0 Å². The first-order chi connectivity index (χ1) is 9.90. The molecule has 0 unspecified atom stereocenters. The summed E-state index contributed by atoms with van der Waals surface area (Å²) in [5.41, 5.74) is -1.02. The van der Waals surface area contributed by atoms with Crippen molar-refractivity contribution in [1.82, 2.24) is 14.5 Å². The van der Waals surface area contributed by atoms with Gasteiger partial charge in [0.05, 0.1) is 25.9 Å². The third kappa shape index (κ3) is 2.57. The lowest BCUT2D eigenvalue weighted by atomic mass is 10.2. The monoisotopic (exact) mass is 299 g/mol. The van der Waals surface area contributed by atoms with Gasteiger partial charge in [0.25, 0.3) is 5.56 Å². The van der Waals surface area contributed by atoms with Crippen molar-refractivity contribution >= 4 is 6.09 Å². The van der Waals surface area contributed by atoms with Gasteiger partial charge < -0.3 is 14.9 Å². The van der Waals surface area contributed by atoms with Gasteiger partial charge in [0.15, 0.2) is 0 Å². The fourth-order valence-corrected chi connectivity index (χ4v) is 2.54. The van der Waals surface area contributed by atoms with E-state index in [9.17, 15) is 24.6 Å². The Morgan fingerprint density at radius 2 is 2.19 bits per heavy atom. The molecule has 2 rings (SSSR count). The van der Waals surface area contributed by atoms with Gasteiger partial charge in [-0.1, -0.05) is 0 Å². The number of aliphatic hydroxyl groups is 2. The van der Waals surface area contributed by atoms with E-state index in [0.29, 0.717) is 0 Å². The predicted octanol–water partition coefficient (Wildman–Crippen LogP) is -1.46. The molecule has 0 spiro atoms. The normalized spacial score (nSPS) is 25.1. The van der Waals surface area contributed by atoms with E-state index in [1.165, 1.54) is 20.2 Å². The number of ether oxygens (including phenoxy) is 1. The number of methoxy groups -OCH3 is 1. The van der Waals surface area contributed by atoms with E-state index in [4.69, 9.17) is 0 Å². The maximum absolute atomic E-state index is 11.9. The number of aryl methyl sites for hydroxylation is 1. The van der Waals surface area contributed by atoms with E-state index in [1.54, 1.807) is 0 Å². The number of aliphatic hydroxyl groups excluding tert-OH is 2. The Hall–Kier alpha value is -2.13. The Morgan fingerprint density at radius 3 is 2.76 bits per heavy atom. The summed E-state index contributed by atoms with van der Waals surface area (Å²) in [6.07, 6.45) is -1.51. The molecule has 3 N–H and O–H groups in total. The van der Waals surface area contributed by atoms with Gasteiger partial charge in [-0.15, -0.1) is 0 Å². The average Bonchev–Trinajstić information content (AvgIpc) is 2.78. The van der Waals surface area contributed by atoms with Crippen LogP contribution in [-0.2, 0) is 4.74 Å². The number of aromatic amines is 1. The number of rotatable bonds is 2. The number of H-pyrrole nitrogens is 1. The average molecular weight is 299 g/mol. The third-order valence-electron chi connectivity index (χ3n) is 3.56. The second-order valence-corrected chi connectivity index (χ2v) is 4.91. The maximum Gasteiger partial charge on any atom is 0.411 e. The van der Waals surface area contributed by atoms with E-state index in [0.717, 1.165) is 9.47 Å². The molecule has 0 bridgehead atoms. The van der Waals surface area contributed by atoms with Crippen molar-refractivity contribution in [3.05, 3.63) is 32.6 Å². The van der Waals surface area contributed by atoms with E-state index in [2.05, 4.69) is 9.72 Å². The molecule has 1 aromatic heterocycles. The molecule has 1 aromatic rings. The largest absolute Gasteiger partial charge is 0.453 e. The molecule has 1 saturated heterocycles. The van der Waals surface area contributed by atoms with Crippen LogP contribution >= 0.6 is 0 Å². The minimum atomic E-state index is -1.07. The van der Waals surface area contributed by atoms with Gasteiger partial charge in [0.1, 0.15) is 6.17 Å². The minimum absolute atomic E-state index is 0.0981. The highest BCUT2D eigenvalue weighted by Crippen LogP contribution is 2.32. The Morgan fingerprint density at radius 1 is 1.52 bits per heavy atom. The zero-order valence-electron chi connectivity index (χ0n) is 11.6. The molecular weight excluding hydrogens is 282 g/mol. The molecular formula is C12H17N3O6. The molecule has 0 radical (unpaired) electrons. The van der Waals surface area contributed by atoms with Crippen LogP contribution in [0.3, 0.4) is 0 Å². The number of nitrogens with zero attached hydrogens (tertiary/aromatic N) is 2. The van der Waals surface area contributed by atoms with Crippen LogP contribution < -0.4 is 11.2 Å². The first-order valence-electron chi connectivity index (χ1n) is 6.38. The molecule has 116 valence electrons. The van der Waals surface area contributed by atoms with Crippen LogP contribution in [0.15, 0.2) is 15.8 Å². The summed E-state index contributed by atoms with van der Waals surface area (Å²) in [6.45, 7) is 1.13. The van der Waals surface area contributed by atoms with Gasteiger partial charge in [0.2, 0.25) is 0 Å². The van der Waals surface area contributed by atoms with Crippen LogP contribution in [0, 0.1) is 6.92 Å². The first kappa shape index (κ1) is 15.3. The molecule has 9 heteroatoms. The lowest BCUT2D eigenvalue weighted by molar-refractivity contribution is 0.0409. The van der Waals surface area contributed by atoms with Gasteiger partial charge in [-0.05, 0) is 6.92 Å². The van der Waals surface area contributed by atoms with Crippen LogP contribution in [-0.4, -0.2) is 56.6 Å². The molecule has 9 nitrogen and oxygen atoms in total. The first-order valence-corrected chi connectivity index (χ1v) is 6.38. The number of aromatic nitrogens is 2. The topological polar surface area (TPSA) is 125 Å². The molecule has 1 aliphatic heterocycles. The van der Waals surface area contributed by atoms with E-state index in [1.807, 2.05) is 0 Å². The van der Waals surface area contributed by atoms with Crippen molar-refractivity contribution in [1.29, 1.82) is 0 Å². The number of nitrogens with one attached hydrogen (secondary N) is 1. The van der Waals surface area contributed by atoms with Crippen LogP contribution in [0.2, 0.25) is 0 Å². The Kier molecular flexibility index (Phi) is 4.14. The zero-order valence-corrected chi connectivity index (χ0v) is 11.6. The van der Waals surface area contributed by atoms with Crippen molar-refractivity contribution in [3.8, 4) is 0 Å². The van der Waals surface area contributed by atoms with Crippen LogP contribution in [0.4, 0.5) is 4.79 Å². The lowest BCUT2D eigenvalue weighted by Gasteiger charge is -2.29. The summed E-state index contributed by atoms with van der Waals surface area (Å²) in [5, 5.41) is 19.5. The second-order valence-electron chi connectivity index (χ2n) is 4.91. The Bertz CT molecular complexity index is 651. The van der Waals surface area contributed by atoms with Crippen molar-refractivity contribution in [2.24, 2.45) is 0 Å². The number of likely N-dealkylation sites (tertiary alicyclic amines) is 1. The number of carbonyl (C=O) groups excluding carboxylic acids is 1. The van der Waals surface area contributed by atoms with Gasteiger partial charge >= 0.3 is 11.8 Å². The predicted molar refractivity (Wildman–Crippen MR) is 70.8 cm³/mol. The van der Waals surface area contributed by atoms with Crippen molar-refractivity contribution < 1.29 is 19.7 Å². The smallest absolute Gasteiger partial charge is 0.411 e. The molecule has 1 fully saturated rings. The van der Waals surface area contributed by atoms with Crippen molar-refractivity contribution in [3.63, 3.8) is 0 Å². The summed E-state index contributed by atoms with van der Waals surface area (Å²) in [4.78, 5) is 38.4. The lowest BCUT2D eigenvalue weighted by Crippen LogP contribution is -2.46. The van der Waals surface area contributed by atoms with Crippen LogP contribution in [0.1, 0.15) is 18.2 Å². The molecule has 0 saturated carbocycles. The molecule has 1 amide bonds. The van der Waals surface area contributed by atoms with Gasteiger partial charge in [-0.25, -0.2) is 9.59 Å². The summed E-state index contributed by atoms with van der Waals surface area (Å²) in [6, 6.07) is -0.670. The van der Waals surface area contributed by atoms with Crippen LogP contribution in [0.25, 0.3) is 0 Å². The molecule has 1 aliphatic rings. The molecule has 3 atom stereocenters. The van der Waals surface area contributed by atoms with Crippen LogP contribution in [0.5, 0.6) is 0 Å². The fraction of sp³-hybridized carbons (Fsp3) is 0.583. The number of hydrogen-bond donors (Lipinski definition) is 3. The van der Waals surface area contributed by atoms with E-state index in [-0.39, 0.29) is 18.6 Å². The van der Waals surface area contributed by atoms with Crippen molar-refractivity contribution in [2.45, 2.75) is 31.7 Å². The van der Waals surface area contributed by atoms with Gasteiger partial charge in [0, 0.05) is 18.2 Å². The van der Waals surface area contributed by atoms with Gasteiger partial charge in [-0.3, -0.25) is 19.2 Å². The SMILES string of the molecule is COC(=O)N1[C@H](CO)C[C@@H](O)[C@@H]1n1cc(C)c(=O)[nH]c1=O. The second kappa shape index (κ2) is 5.70. The zero-order chi connectivity index (χ0) is 15.7. The Labute approximate surface area is 119 Å².